The molecule has 42 heavy (non-hydrogen) atoms. The van der Waals surface area contributed by atoms with Crippen LogP contribution >= 0.6 is 0 Å². The Morgan fingerprint density at radius 2 is 1.76 bits per heavy atom. The number of allylic oxidation sites excluding steroid dienone is 1. The van der Waals surface area contributed by atoms with Crippen LogP contribution in [0.2, 0.25) is 0 Å². The van der Waals surface area contributed by atoms with E-state index < -0.39 is 0 Å². The van der Waals surface area contributed by atoms with Crippen molar-refractivity contribution in [1.82, 2.24) is 24.8 Å². The van der Waals surface area contributed by atoms with Crippen molar-refractivity contribution in [3.8, 4) is 0 Å². The molecular weight excluding hydrogens is 565 g/mol. The topological polar surface area (TPSA) is 77.7 Å². The Morgan fingerprint density at radius 3 is 2.45 bits per heavy atom. The number of hydrogen-bond acceptors (Lipinski definition) is 3. The third kappa shape index (κ3) is 5.90. The Morgan fingerprint density at radius 1 is 1.05 bits per heavy atom. The van der Waals surface area contributed by atoms with Crippen LogP contribution in [-0.4, -0.2) is 44.3 Å². The molecule has 3 aromatic rings. The maximum Gasteiger partial charge on any atom is 0.215 e. The largest absolute Gasteiger partial charge is 0.356 e. The molecule has 2 aliphatic rings. The van der Waals surface area contributed by atoms with Crippen LogP contribution in [0.25, 0.3) is 33.7 Å². The van der Waals surface area contributed by atoms with Crippen molar-refractivity contribution in [3.63, 3.8) is 0 Å². The smallest absolute Gasteiger partial charge is 0.215 e. The normalized spacial score (nSPS) is 14.4. The second-order valence-corrected chi connectivity index (χ2v) is 11.5. The number of nitrogens with one attached hydrogen (secondary N) is 2. The molecule has 0 aromatic carbocycles. The minimum absolute atomic E-state index is 0. The SMILES string of the molecule is C=Cc1c(C)c2cc3nc(c(CC(=O)N(C)CCCC)c4nc(cc5[nH]c(cc1[nH]2)c(C)c5CC)C(C)=[C-]4)C[C@@H]3C.[Co]. The number of aromatic nitrogens is 4. The zero-order valence-corrected chi connectivity index (χ0v) is 27.0. The summed E-state index contributed by atoms with van der Waals surface area (Å²) in [6, 6.07) is 6.47. The molecule has 2 N–H and O–H groups in total. The molecule has 0 spiro atoms. The average molecular weight is 608 g/mol. The number of amides is 1. The monoisotopic (exact) mass is 607 g/mol. The number of carbonyl (C=O) groups is 1. The minimum atomic E-state index is 0. The quantitative estimate of drug-likeness (QED) is 0.273. The van der Waals surface area contributed by atoms with Crippen molar-refractivity contribution in [2.45, 2.75) is 79.6 Å². The van der Waals surface area contributed by atoms with Gasteiger partial charge in [0, 0.05) is 76.0 Å². The van der Waals surface area contributed by atoms with Crippen LogP contribution in [0.3, 0.4) is 0 Å². The second-order valence-electron chi connectivity index (χ2n) is 11.5. The fourth-order valence-corrected chi connectivity index (χ4v) is 5.96. The van der Waals surface area contributed by atoms with E-state index in [2.05, 4.69) is 75.4 Å². The van der Waals surface area contributed by atoms with Crippen LogP contribution in [0.15, 0.2) is 24.8 Å². The number of carbonyl (C=O) groups excluding carboxylic acids is 1. The first kappa shape index (κ1) is 31.5. The summed E-state index contributed by atoms with van der Waals surface area (Å²) in [7, 11) is 1.89. The van der Waals surface area contributed by atoms with Gasteiger partial charge in [-0.25, -0.2) is 0 Å². The molecule has 1 radical (unpaired) electrons. The molecule has 5 rings (SSSR count). The number of nitrogens with zero attached hydrogens (tertiary/aromatic N) is 3. The van der Waals surface area contributed by atoms with E-state index in [0.29, 0.717) is 0 Å². The molecule has 0 unspecified atom stereocenters. The van der Waals surface area contributed by atoms with E-state index >= 15 is 0 Å². The number of hydrogen-bond donors (Lipinski definition) is 2. The van der Waals surface area contributed by atoms with Gasteiger partial charge in [-0.05, 0) is 73.3 Å². The van der Waals surface area contributed by atoms with E-state index in [4.69, 9.17) is 9.97 Å². The average Bonchev–Trinajstić information content (AvgIpc) is 3.66. The Balaban J connectivity index is 0.00000405. The van der Waals surface area contributed by atoms with Crippen molar-refractivity contribution in [2.24, 2.45) is 0 Å². The van der Waals surface area contributed by atoms with E-state index in [1.807, 2.05) is 24.9 Å². The van der Waals surface area contributed by atoms with Crippen molar-refractivity contribution in [2.75, 3.05) is 13.6 Å². The summed E-state index contributed by atoms with van der Waals surface area (Å²) in [5.74, 6) is 0.303. The van der Waals surface area contributed by atoms with E-state index in [0.717, 1.165) is 99.3 Å². The van der Waals surface area contributed by atoms with Crippen LogP contribution in [0.5, 0.6) is 0 Å². The van der Waals surface area contributed by atoms with Gasteiger partial charge in [-0.15, -0.1) is 5.57 Å². The van der Waals surface area contributed by atoms with Gasteiger partial charge in [0.25, 0.3) is 0 Å². The number of aromatic amines is 2. The number of likely N-dealkylation sites (N-methyl/N-ethyl adjacent to an activating group) is 1. The van der Waals surface area contributed by atoms with Gasteiger partial charge in [0.15, 0.2) is 0 Å². The van der Waals surface area contributed by atoms with Gasteiger partial charge in [-0.3, -0.25) is 9.78 Å². The summed E-state index contributed by atoms with van der Waals surface area (Å²) in [6.07, 6.45) is 9.40. The number of fused-ring (bicyclic) bond motifs is 8. The first-order valence-corrected chi connectivity index (χ1v) is 14.9. The third-order valence-corrected chi connectivity index (χ3v) is 8.66. The predicted octanol–water partition coefficient (Wildman–Crippen LogP) is 7.54. The Kier molecular flexibility index (Phi) is 9.63. The summed E-state index contributed by atoms with van der Waals surface area (Å²) in [5, 5.41) is 0. The molecule has 0 aliphatic carbocycles. The van der Waals surface area contributed by atoms with Gasteiger partial charge in [0.05, 0.1) is 0 Å². The third-order valence-electron chi connectivity index (χ3n) is 8.66. The van der Waals surface area contributed by atoms with Gasteiger partial charge in [-0.2, -0.15) is 6.08 Å². The Hall–Kier alpha value is -3.42. The predicted molar refractivity (Wildman–Crippen MR) is 170 cm³/mol. The van der Waals surface area contributed by atoms with E-state index in [1.54, 1.807) is 0 Å². The van der Waals surface area contributed by atoms with Crippen molar-refractivity contribution in [1.29, 1.82) is 0 Å². The van der Waals surface area contributed by atoms with Crippen LogP contribution in [0.4, 0.5) is 0 Å². The summed E-state index contributed by atoms with van der Waals surface area (Å²) < 4.78 is 0. The van der Waals surface area contributed by atoms with Crippen LogP contribution in [0.1, 0.15) is 97.0 Å². The minimum Gasteiger partial charge on any atom is -0.356 e. The number of rotatable bonds is 7. The molecule has 223 valence electrons. The van der Waals surface area contributed by atoms with E-state index in [-0.39, 0.29) is 35.0 Å². The zero-order chi connectivity index (χ0) is 29.4. The molecular formula is C35H42CoN5O-. The van der Waals surface area contributed by atoms with Gasteiger partial charge in [0.2, 0.25) is 5.91 Å². The Labute approximate surface area is 260 Å². The molecule has 6 nitrogen and oxygen atoms in total. The molecule has 2 aliphatic heterocycles. The molecule has 0 fully saturated rings. The summed E-state index contributed by atoms with van der Waals surface area (Å²) in [5.41, 5.74) is 14.3. The first-order chi connectivity index (χ1) is 19.6. The summed E-state index contributed by atoms with van der Waals surface area (Å²) in [6.45, 7) is 17.7. The Bertz CT molecular complexity index is 1720. The number of H-pyrrole nitrogens is 2. The summed E-state index contributed by atoms with van der Waals surface area (Å²) in [4.78, 5) is 32.8. The van der Waals surface area contributed by atoms with Crippen molar-refractivity contribution < 1.29 is 21.6 Å². The molecule has 8 bridgehead atoms. The van der Waals surface area contributed by atoms with Crippen molar-refractivity contribution in [3.05, 3.63) is 81.4 Å². The molecule has 1 atom stereocenters. The molecule has 3 aromatic heterocycles. The van der Waals surface area contributed by atoms with E-state index in [9.17, 15) is 4.79 Å². The molecule has 5 heterocycles. The maximum absolute atomic E-state index is 13.4. The number of aryl methyl sites for hydroxylation is 3. The van der Waals surface area contributed by atoms with Crippen LogP contribution in [0, 0.1) is 19.9 Å². The maximum atomic E-state index is 13.4. The van der Waals surface area contributed by atoms with Crippen molar-refractivity contribution >= 4 is 39.6 Å². The molecule has 7 heteroatoms. The van der Waals surface area contributed by atoms with Gasteiger partial charge in [-0.1, -0.05) is 64.1 Å². The molecule has 1 amide bonds. The second kappa shape index (κ2) is 12.8. The fourth-order valence-electron chi connectivity index (χ4n) is 5.96. The van der Waals surface area contributed by atoms with Gasteiger partial charge >= 0.3 is 0 Å². The van der Waals surface area contributed by atoms with Crippen LogP contribution in [-0.2, 0) is 40.8 Å². The molecule has 0 saturated heterocycles. The summed E-state index contributed by atoms with van der Waals surface area (Å²) >= 11 is 0. The molecule has 0 saturated carbocycles. The van der Waals surface area contributed by atoms with Gasteiger partial charge < -0.3 is 19.9 Å². The van der Waals surface area contributed by atoms with Gasteiger partial charge in [0.1, 0.15) is 0 Å². The number of unbranched alkanes of at least 4 members (excludes halogenated alkanes) is 1. The fraction of sp³-hybridized carbons (Fsp3) is 0.400. The standard InChI is InChI=1S/C35H42N5O.Co/c1-9-12-13-40(8)35(41)16-26-31-14-20(4)27(36-31)17-29-22(6)25(11-3)34(38-29)19-30-23(7)24(10-2)33(39-30)18-28-21(5)15-32(26)37-28;/h11,17-20,38-39H,3,9-10,12-14,16H2,1-2,4-8H3;/q-1;/t20-;/m0./s1. The van der Waals surface area contributed by atoms with Crippen LogP contribution < -0.4 is 0 Å². The first-order valence-electron chi connectivity index (χ1n) is 14.9. The zero-order valence-electron chi connectivity index (χ0n) is 25.9. The van der Waals surface area contributed by atoms with E-state index in [1.165, 1.54) is 11.1 Å².